The normalized spacial score (nSPS) is 13.3. The van der Waals surface area contributed by atoms with Crippen molar-refractivity contribution < 1.29 is 18.0 Å². The highest BCUT2D eigenvalue weighted by molar-refractivity contribution is 7.89. The minimum absolute atomic E-state index is 0.392. The summed E-state index contributed by atoms with van der Waals surface area (Å²) in [4.78, 5) is 21.2. The minimum atomic E-state index is -3.81. The SMILES string of the molecule is NC(=O)CNC(=O)C(N)CS(N)(=O)=O. The van der Waals surface area contributed by atoms with Crippen molar-refractivity contribution in [3.05, 3.63) is 0 Å². The molecular weight excluding hydrogens is 212 g/mol. The maximum atomic E-state index is 11.0. The summed E-state index contributed by atoms with van der Waals surface area (Å²) in [6.45, 7) is -0.392. The van der Waals surface area contributed by atoms with Crippen molar-refractivity contribution in [1.82, 2.24) is 5.32 Å². The van der Waals surface area contributed by atoms with Gasteiger partial charge in [-0.2, -0.15) is 0 Å². The van der Waals surface area contributed by atoms with Gasteiger partial charge in [-0.15, -0.1) is 0 Å². The van der Waals surface area contributed by atoms with Gasteiger partial charge < -0.3 is 16.8 Å². The predicted octanol–water partition coefficient (Wildman–Crippen LogP) is -3.80. The second kappa shape index (κ2) is 4.88. The van der Waals surface area contributed by atoms with E-state index in [-0.39, 0.29) is 0 Å². The Morgan fingerprint density at radius 2 is 1.86 bits per heavy atom. The Bertz CT molecular complexity index is 325. The molecule has 9 heteroatoms. The van der Waals surface area contributed by atoms with Crippen molar-refractivity contribution in [3.63, 3.8) is 0 Å². The lowest BCUT2D eigenvalue weighted by Gasteiger charge is -2.09. The molecule has 7 N–H and O–H groups in total. The second-order valence-electron chi connectivity index (χ2n) is 2.62. The Labute approximate surface area is 80.9 Å². The van der Waals surface area contributed by atoms with Gasteiger partial charge in [0.15, 0.2) is 0 Å². The number of nitrogens with two attached hydrogens (primary N) is 3. The number of primary amides is 1. The third-order valence-corrected chi connectivity index (χ3v) is 2.01. The summed E-state index contributed by atoms with van der Waals surface area (Å²) in [7, 11) is -3.81. The van der Waals surface area contributed by atoms with E-state index in [1.54, 1.807) is 0 Å². The van der Waals surface area contributed by atoms with Crippen LogP contribution >= 0.6 is 0 Å². The summed E-state index contributed by atoms with van der Waals surface area (Å²) in [6.07, 6.45) is 0. The molecule has 0 aromatic rings. The van der Waals surface area contributed by atoms with Gasteiger partial charge in [-0.1, -0.05) is 0 Å². The van der Waals surface area contributed by atoms with Crippen LogP contribution < -0.4 is 21.9 Å². The third kappa shape index (κ3) is 6.34. The van der Waals surface area contributed by atoms with Gasteiger partial charge in [0.05, 0.1) is 18.3 Å². The van der Waals surface area contributed by atoms with Crippen molar-refractivity contribution in [2.24, 2.45) is 16.6 Å². The zero-order valence-corrected chi connectivity index (χ0v) is 8.08. The van der Waals surface area contributed by atoms with Crippen molar-refractivity contribution in [1.29, 1.82) is 0 Å². The Balaban J connectivity index is 4.07. The monoisotopic (exact) mass is 224 g/mol. The molecule has 0 heterocycles. The molecule has 0 radical (unpaired) electrons. The number of amides is 2. The fourth-order valence-corrected chi connectivity index (χ4v) is 1.28. The van der Waals surface area contributed by atoms with Crippen LogP contribution in [0.15, 0.2) is 0 Å². The van der Waals surface area contributed by atoms with Crippen LogP contribution in [0.3, 0.4) is 0 Å². The minimum Gasteiger partial charge on any atom is -0.368 e. The first kappa shape index (κ1) is 12.8. The van der Waals surface area contributed by atoms with Crippen molar-refractivity contribution in [2.45, 2.75) is 6.04 Å². The molecule has 0 bridgehead atoms. The van der Waals surface area contributed by atoms with Crippen molar-refractivity contribution in [2.75, 3.05) is 12.3 Å². The van der Waals surface area contributed by atoms with Crippen LogP contribution in [0.5, 0.6) is 0 Å². The van der Waals surface area contributed by atoms with Crippen LogP contribution in [-0.2, 0) is 19.6 Å². The fourth-order valence-electron chi connectivity index (χ4n) is 0.631. The number of carbonyl (C=O) groups excluding carboxylic acids is 2. The van der Waals surface area contributed by atoms with E-state index in [0.29, 0.717) is 0 Å². The molecule has 0 spiro atoms. The van der Waals surface area contributed by atoms with Gasteiger partial charge >= 0.3 is 0 Å². The lowest BCUT2D eigenvalue weighted by atomic mass is 10.3. The average Bonchev–Trinajstić information content (AvgIpc) is 1.96. The Hall–Kier alpha value is -1.19. The number of nitrogens with one attached hydrogen (secondary N) is 1. The molecule has 14 heavy (non-hydrogen) atoms. The van der Waals surface area contributed by atoms with Crippen molar-refractivity contribution >= 4 is 21.8 Å². The Kier molecular flexibility index (Phi) is 4.47. The maximum absolute atomic E-state index is 11.0. The van der Waals surface area contributed by atoms with E-state index in [1.807, 2.05) is 5.32 Å². The van der Waals surface area contributed by atoms with E-state index >= 15 is 0 Å². The number of hydrogen-bond donors (Lipinski definition) is 4. The summed E-state index contributed by atoms with van der Waals surface area (Å²) in [6, 6.07) is -1.30. The van der Waals surface area contributed by atoms with Gasteiger partial charge in [0.2, 0.25) is 21.8 Å². The van der Waals surface area contributed by atoms with Gasteiger partial charge in [-0.05, 0) is 0 Å². The molecule has 0 aromatic heterocycles. The molecule has 1 atom stereocenters. The summed E-state index contributed by atoms with van der Waals surface area (Å²) in [5.41, 5.74) is 9.90. The highest BCUT2D eigenvalue weighted by atomic mass is 32.2. The smallest absolute Gasteiger partial charge is 0.238 e. The molecule has 0 aromatic carbocycles. The van der Waals surface area contributed by atoms with Gasteiger partial charge in [0.1, 0.15) is 0 Å². The molecule has 1 unspecified atom stereocenters. The predicted molar refractivity (Wildman–Crippen MR) is 48.2 cm³/mol. The van der Waals surface area contributed by atoms with Gasteiger partial charge in [-0.25, -0.2) is 13.6 Å². The van der Waals surface area contributed by atoms with Gasteiger partial charge in [0, 0.05) is 0 Å². The number of sulfonamides is 1. The summed E-state index contributed by atoms with van der Waals surface area (Å²) >= 11 is 0. The number of carbonyl (C=O) groups is 2. The summed E-state index contributed by atoms with van der Waals surface area (Å²) < 4.78 is 21.0. The van der Waals surface area contributed by atoms with E-state index in [1.165, 1.54) is 0 Å². The molecule has 0 saturated carbocycles. The highest BCUT2D eigenvalue weighted by Crippen LogP contribution is 1.84. The lowest BCUT2D eigenvalue weighted by Crippen LogP contribution is -2.48. The van der Waals surface area contributed by atoms with Crippen molar-refractivity contribution in [3.8, 4) is 0 Å². The highest BCUT2D eigenvalue weighted by Gasteiger charge is 2.19. The van der Waals surface area contributed by atoms with Crippen LogP contribution in [0.25, 0.3) is 0 Å². The largest absolute Gasteiger partial charge is 0.368 e. The van der Waals surface area contributed by atoms with E-state index in [0.717, 1.165) is 0 Å². The second-order valence-corrected chi connectivity index (χ2v) is 4.28. The van der Waals surface area contributed by atoms with E-state index in [2.05, 4.69) is 5.14 Å². The zero-order valence-electron chi connectivity index (χ0n) is 7.26. The van der Waals surface area contributed by atoms with E-state index < -0.39 is 40.2 Å². The Morgan fingerprint density at radius 3 is 2.21 bits per heavy atom. The first-order valence-electron chi connectivity index (χ1n) is 3.54. The topological polar surface area (TPSA) is 158 Å². The molecule has 82 valence electrons. The molecular formula is C5H12N4O4S. The maximum Gasteiger partial charge on any atom is 0.238 e. The van der Waals surface area contributed by atoms with Crippen LogP contribution in [0, 0.1) is 0 Å². The van der Waals surface area contributed by atoms with Crippen LogP contribution in [0.2, 0.25) is 0 Å². The molecule has 0 saturated heterocycles. The van der Waals surface area contributed by atoms with Gasteiger partial charge in [0.25, 0.3) is 0 Å². The molecule has 0 aliphatic rings. The van der Waals surface area contributed by atoms with Crippen LogP contribution in [0.1, 0.15) is 0 Å². The zero-order chi connectivity index (χ0) is 11.4. The van der Waals surface area contributed by atoms with Crippen LogP contribution in [-0.4, -0.2) is 38.6 Å². The Morgan fingerprint density at radius 1 is 1.36 bits per heavy atom. The third-order valence-electron chi connectivity index (χ3n) is 1.19. The van der Waals surface area contributed by atoms with E-state index in [9.17, 15) is 18.0 Å². The molecule has 0 fully saturated rings. The molecule has 0 aliphatic heterocycles. The lowest BCUT2D eigenvalue weighted by molar-refractivity contribution is -0.125. The first-order valence-corrected chi connectivity index (χ1v) is 5.26. The standard InChI is InChI=1S/C5H12N4O4S/c6-3(2-14(8,12)13)5(11)9-1-4(7)10/h3H,1-2,6H2,(H2,7,10)(H,9,11)(H2,8,12,13). The molecule has 0 rings (SSSR count). The molecule has 8 nitrogen and oxygen atoms in total. The number of primary sulfonamides is 1. The first-order chi connectivity index (χ1) is 6.22. The molecule has 0 aliphatic carbocycles. The summed E-state index contributed by atoms with van der Waals surface area (Å²) in [5.74, 6) is -2.23. The fraction of sp³-hybridized carbons (Fsp3) is 0.600. The quantitative estimate of drug-likeness (QED) is 0.376. The molecule has 2 amide bonds. The number of hydrogen-bond acceptors (Lipinski definition) is 5. The van der Waals surface area contributed by atoms with Gasteiger partial charge in [-0.3, -0.25) is 9.59 Å². The van der Waals surface area contributed by atoms with E-state index in [4.69, 9.17) is 11.5 Å². The number of rotatable bonds is 5. The average molecular weight is 224 g/mol. The van der Waals surface area contributed by atoms with Crippen LogP contribution in [0.4, 0.5) is 0 Å². The summed E-state index contributed by atoms with van der Waals surface area (Å²) in [5, 5.41) is 6.70.